The van der Waals surface area contributed by atoms with Crippen LogP contribution in [0.15, 0.2) is 24.5 Å². The normalized spacial score (nSPS) is 30.1. The van der Waals surface area contributed by atoms with Crippen LogP contribution >= 0.6 is 0 Å². The van der Waals surface area contributed by atoms with Crippen molar-refractivity contribution in [1.29, 1.82) is 0 Å². The topological polar surface area (TPSA) is 62.7 Å². The first-order valence-electron chi connectivity index (χ1n) is 8.34. The Hall–Kier alpha value is -1.95. The number of likely N-dealkylation sites (tertiary alicyclic amines) is 2. The molecule has 0 aromatic carbocycles. The number of rotatable bonds is 3. The second kappa shape index (κ2) is 5.92. The maximum absolute atomic E-state index is 12.6. The monoisotopic (exact) mass is 315 g/mol. The quantitative estimate of drug-likeness (QED) is 0.833. The molecule has 3 fully saturated rings. The highest BCUT2D eigenvalue weighted by Gasteiger charge is 2.49. The average Bonchev–Trinajstić information content (AvgIpc) is 3.27. The zero-order valence-electron chi connectivity index (χ0n) is 13.1. The molecule has 4 heterocycles. The van der Waals surface area contributed by atoms with Gasteiger partial charge < -0.3 is 14.5 Å². The first-order valence-corrected chi connectivity index (χ1v) is 8.34. The van der Waals surface area contributed by atoms with Crippen molar-refractivity contribution in [3.8, 4) is 0 Å². The number of hydrogen-bond acceptors (Lipinski definition) is 4. The molecule has 4 rings (SSSR count). The molecule has 0 spiro atoms. The second-order valence-electron chi connectivity index (χ2n) is 6.54. The number of carbonyl (C=O) groups excluding carboxylic acids is 2. The lowest BCUT2D eigenvalue weighted by Crippen LogP contribution is -2.44. The van der Waals surface area contributed by atoms with Crippen LogP contribution in [0.4, 0.5) is 0 Å². The summed E-state index contributed by atoms with van der Waals surface area (Å²) in [5.74, 6) is 0.208. The van der Waals surface area contributed by atoms with E-state index < -0.39 is 0 Å². The molecule has 6 nitrogen and oxygen atoms in total. The van der Waals surface area contributed by atoms with E-state index >= 15 is 0 Å². The minimum absolute atomic E-state index is 0.0101. The maximum Gasteiger partial charge on any atom is 0.252 e. The third-order valence-electron chi connectivity index (χ3n) is 5.18. The van der Waals surface area contributed by atoms with Crippen LogP contribution in [-0.2, 0) is 20.9 Å². The molecule has 3 aliphatic rings. The van der Waals surface area contributed by atoms with Crippen LogP contribution in [0.2, 0.25) is 0 Å². The molecule has 3 atom stereocenters. The van der Waals surface area contributed by atoms with Gasteiger partial charge in [0.05, 0.1) is 12.1 Å². The van der Waals surface area contributed by atoms with E-state index in [1.807, 2.05) is 21.9 Å². The number of pyridine rings is 1. The van der Waals surface area contributed by atoms with Crippen LogP contribution in [-0.4, -0.2) is 57.9 Å². The molecule has 2 amide bonds. The highest BCUT2D eigenvalue weighted by molar-refractivity contribution is 5.85. The summed E-state index contributed by atoms with van der Waals surface area (Å²) < 4.78 is 5.53. The summed E-state index contributed by atoms with van der Waals surface area (Å²) in [4.78, 5) is 33.0. The minimum Gasteiger partial charge on any atom is -0.368 e. The third kappa shape index (κ3) is 2.61. The van der Waals surface area contributed by atoms with Gasteiger partial charge >= 0.3 is 0 Å². The lowest BCUT2D eigenvalue weighted by Gasteiger charge is -2.27. The first kappa shape index (κ1) is 14.6. The summed E-state index contributed by atoms with van der Waals surface area (Å²) in [7, 11) is 0. The molecule has 0 N–H and O–H groups in total. The summed E-state index contributed by atoms with van der Waals surface area (Å²) in [5, 5.41) is 0. The predicted molar refractivity (Wildman–Crippen MR) is 82.3 cm³/mol. The Morgan fingerprint density at radius 3 is 3.00 bits per heavy atom. The van der Waals surface area contributed by atoms with Crippen molar-refractivity contribution >= 4 is 11.8 Å². The number of amides is 2. The van der Waals surface area contributed by atoms with E-state index in [1.165, 1.54) is 0 Å². The predicted octanol–water partition coefficient (Wildman–Crippen LogP) is 0.962. The van der Waals surface area contributed by atoms with Crippen molar-refractivity contribution in [2.24, 2.45) is 0 Å². The van der Waals surface area contributed by atoms with Crippen molar-refractivity contribution < 1.29 is 14.3 Å². The fourth-order valence-corrected chi connectivity index (χ4v) is 4.05. The van der Waals surface area contributed by atoms with Gasteiger partial charge in [0.2, 0.25) is 5.91 Å². The van der Waals surface area contributed by atoms with E-state index in [9.17, 15) is 9.59 Å². The molecule has 1 unspecified atom stereocenters. The van der Waals surface area contributed by atoms with Crippen molar-refractivity contribution in [3.05, 3.63) is 30.1 Å². The molecular formula is C17H21N3O3. The van der Waals surface area contributed by atoms with Crippen LogP contribution in [0.25, 0.3) is 0 Å². The molecule has 0 saturated carbocycles. The van der Waals surface area contributed by atoms with E-state index in [-0.39, 0.29) is 30.0 Å². The summed E-state index contributed by atoms with van der Waals surface area (Å²) in [6.45, 7) is 1.98. The Morgan fingerprint density at radius 1 is 1.35 bits per heavy atom. The summed E-state index contributed by atoms with van der Waals surface area (Å²) >= 11 is 0. The van der Waals surface area contributed by atoms with Crippen LogP contribution in [0.3, 0.4) is 0 Å². The molecule has 6 heteroatoms. The number of aromatic nitrogens is 1. The van der Waals surface area contributed by atoms with Crippen LogP contribution in [0.5, 0.6) is 0 Å². The second-order valence-corrected chi connectivity index (χ2v) is 6.54. The van der Waals surface area contributed by atoms with Crippen LogP contribution in [0, 0.1) is 0 Å². The maximum atomic E-state index is 12.6. The fourth-order valence-electron chi connectivity index (χ4n) is 4.05. The Bertz CT molecular complexity index is 600. The van der Waals surface area contributed by atoms with Gasteiger partial charge in [0.1, 0.15) is 6.10 Å². The molecule has 23 heavy (non-hydrogen) atoms. The summed E-state index contributed by atoms with van der Waals surface area (Å²) in [6, 6.07) is 4.01. The van der Waals surface area contributed by atoms with Crippen LogP contribution < -0.4 is 0 Å². The largest absolute Gasteiger partial charge is 0.368 e. The zero-order chi connectivity index (χ0) is 15.8. The van der Waals surface area contributed by atoms with Gasteiger partial charge in [-0.1, -0.05) is 6.07 Å². The number of ether oxygens (including phenoxy) is 1. The van der Waals surface area contributed by atoms with Crippen LogP contribution in [0.1, 0.15) is 31.2 Å². The van der Waals surface area contributed by atoms with E-state index in [1.54, 1.807) is 12.4 Å². The molecule has 0 bridgehead atoms. The molecule has 1 aromatic rings. The van der Waals surface area contributed by atoms with Crippen molar-refractivity contribution in [1.82, 2.24) is 14.8 Å². The van der Waals surface area contributed by atoms with Crippen molar-refractivity contribution in [3.63, 3.8) is 0 Å². The number of hydrogen-bond donors (Lipinski definition) is 0. The van der Waals surface area contributed by atoms with Gasteiger partial charge in [-0.2, -0.15) is 0 Å². The molecule has 3 saturated heterocycles. The Labute approximate surface area is 135 Å². The van der Waals surface area contributed by atoms with E-state index in [4.69, 9.17) is 4.74 Å². The molecule has 1 aromatic heterocycles. The number of nitrogens with zero attached hydrogens (tertiary/aromatic N) is 3. The Balaban J connectivity index is 1.47. The summed E-state index contributed by atoms with van der Waals surface area (Å²) in [6.07, 6.45) is 6.28. The van der Waals surface area contributed by atoms with Gasteiger partial charge in [-0.05, 0) is 30.9 Å². The zero-order valence-corrected chi connectivity index (χ0v) is 13.1. The SMILES string of the molecule is O=C(C1CCCO1)N1CC[C@H]2[C@H]1CC(=O)N2Cc1cccnc1. The Kier molecular flexibility index (Phi) is 3.77. The van der Waals surface area contributed by atoms with Gasteiger partial charge in [-0.3, -0.25) is 14.6 Å². The van der Waals surface area contributed by atoms with E-state index in [0.29, 0.717) is 19.6 Å². The number of carbonyl (C=O) groups is 2. The standard InChI is InChI=1S/C17H21N3O3/c21-16-9-14-13(20(16)11-12-3-1-6-18-10-12)5-7-19(14)17(22)15-4-2-8-23-15/h1,3,6,10,13-15H,2,4-5,7-9,11H2/t13-,14+,15?/m0/s1. The molecule has 0 aliphatic carbocycles. The lowest BCUT2D eigenvalue weighted by molar-refractivity contribution is -0.141. The molecular weight excluding hydrogens is 294 g/mol. The number of fused-ring (bicyclic) bond motifs is 1. The minimum atomic E-state index is -0.295. The Morgan fingerprint density at radius 2 is 2.26 bits per heavy atom. The first-order chi connectivity index (χ1) is 11.2. The molecule has 0 radical (unpaired) electrons. The smallest absolute Gasteiger partial charge is 0.252 e. The average molecular weight is 315 g/mol. The van der Waals surface area contributed by atoms with Crippen molar-refractivity contribution in [2.45, 2.75) is 50.4 Å². The fraction of sp³-hybridized carbons (Fsp3) is 0.588. The van der Waals surface area contributed by atoms with Crippen molar-refractivity contribution in [2.75, 3.05) is 13.2 Å². The highest BCUT2D eigenvalue weighted by atomic mass is 16.5. The third-order valence-corrected chi connectivity index (χ3v) is 5.18. The van der Waals surface area contributed by atoms with E-state index in [2.05, 4.69) is 4.98 Å². The summed E-state index contributed by atoms with van der Waals surface area (Å²) in [5.41, 5.74) is 1.03. The lowest BCUT2D eigenvalue weighted by atomic mass is 10.1. The van der Waals surface area contributed by atoms with Gasteiger partial charge in [-0.15, -0.1) is 0 Å². The van der Waals surface area contributed by atoms with E-state index in [0.717, 1.165) is 31.4 Å². The molecule has 122 valence electrons. The van der Waals surface area contributed by atoms with Gasteiger partial charge in [0, 0.05) is 38.5 Å². The molecule has 3 aliphatic heterocycles. The van der Waals surface area contributed by atoms with Gasteiger partial charge in [0.25, 0.3) is 5.91 Å². The van der Waals surface area contributed by atoms with Gasteiger partial charge in [0.15, 0.2) is 0 Å². The van der Waals surface area contributed by atoms with Gasteiger partial charge in [-0.25, -0.2) is 0 Å². The highest BCUT2D eigenvalue weighted by Crippen LogP contribution is 2.34.